The van der Waals surface area contributed by atoms with E-state index in [9.17, 15) is 4.79 Å². The predicted molar refractivity (Wildman–Crippen MR) is 99.2 cm³/mol. The molecule has 0 bridgehead atoms. The number of carbonyl (C=O) groups excluding carboxylic acids is 1. The Balaban J connectivity index is 1.87. The number of aryl methyl sites for hydroxylation is 1. The second-order valence-corrected chi connectivity index (χ2v) is 6.67. The van der Waals surface area contributed by atoms with Crippen molar-refractivity contribution in [2.75, 3.05) is 6.61 Å². The molecule has 1 aromatic heterocycles. The molecule has 0 saturated carbocycles. The number of aromatic nitrogens is 2. The molecule has 0 fully saturated rings. The fourth-order valence-electron chi connectivity index (χ4n) is 2.51. The Hall–Kier alpha value is -1.85. The van der Waals surface area contributed by atoms with Gasteiger partial charge in [-0.05, 0) is 36.8 Å². The van der Waals surface area contributed by atoms with Crippen molar-refractivity contribution in [1.29, 1.82) is 0 Å². The average molecular weight is 408 g/mol. The number of nitrogens with zero attached hydrogens (tertiary/aromatic N) is 1. The summed E-state index contributed by atoms with van der Waals surface area (Å²) in [6.45, 7) is 2.19. The molecule has 1 N–H and O–H groups in total. The van der Waals surface area contributed by atoms with Crippen LogP contribution in [0.25, 0.3) is 22.2 Å². The summed E-state index contributed by atoms with van der Waals surface area (Å²) in [6, 6.07) is 11.8. The number of ether oxygens (including phenoxy) is 1. The van der Waals surface area contributed by atoms with Crippen molar-refractivity contribution in [2.24, 2.45) is 0 Å². The average Bonchev–Trinajstić information content (AvgIpc) is 2.95. The van der Waals surface area contributed by atoms with Crippen LogP contribution in [0.1, 0.15) is 19.2 Å². The third-order valence-corrected chi connectivity index (χ3v) is 4.49. The Morgan fingerprint density at radius 2 is 2.04 bits per heavy atom. The highest BCUT2D eigenvalue weighted by atomic mass is 79.9. The van der Waals surface area contributed by atoms with E-state index in [0.29, 0.717) is 24.5 Å². The van der Waals surface area contributed by atoms with Gasteiger partial charge in [0.1, 0.15) is 5.82 Å². The van der Waals surface area contributed by atoms with Gasteiger partial charge in [0.25, 0.3) is 0 Å². The number of H-pyrrole nitrogens is 1. The van der Waals surface area contributed by atoms with E-state index in [1.807, 2.05) is 36.4 Å². The number of imidazole rings is 1. The Kier molecular flexibility index (Phi) is 5.21. The molecular weight excluding hydrogens is 392 g/mol. The first kappa shape index (κ1) is 17.0. The van der Waals surface area contributed by atoms with Crippen molar-refractivity contribution in [1.82, 2.24) is 9.97 Å². The van der Waals surface area contributed by atoms with Crippen LogP contribution >= 0.6 is 27.5 Å². The van der Waals surface area contributed by atoms with Gasteiger partial charge < -0.3 is 9.72 Å². The molecule has 0 saturated heterocycles. The lowest BCUT2D eigenvalue weighted by Crippen LogP contribution is -2.05. The summed E-state index contributed by atoms with van der Waals surface area (Å²) < 4.78 is 5.96. The van der Waals surface area contributed by atoms with E-state index < -0.39 is 0 Å². The molecular formula is C18H16BrClN2O2. The summed E-state index contributed by atoms with van der Waals surface area (Å²) in [5.74, 6) is 0.536. The zero-order valence-electron chi connectivity index (χ0n) is 13.1. The summed E-state index contributed by atoms with van der Waals surface area (Å²) in [4.78, 5) is 19.2. The van der Waals surface area contributed by atoms with Crippen LogP contribution in [0.15, 0.2) is 40.9 Å². The quantitative estimate of drug-likeness (QED) is 0.596. The van der Waals surface area contributed by atoms with Crippen molar-refractivity contribution in [2.45, 2.75) is 19.8 Å². The molecule has 1 heterocycles. The molecule has 4 nitrogen and oxygen atoms in total. The van der Waals surface area contributed by atoms with E-state index in [1.165, 1.54) is 0 Å². The van der Waals surface area contributed by atoms with Crippen molar-refractivity contribution < 1.29 is 9.53 Å². The molecule has 6 heteroatoms. The van der Waals surface area contributed by atoms with Crippen molar-refractivity contribution in [3.8, 4) is 11.1 Å². The lowest BCUT2D eigenvalue weighted by Gasteiger charge is -2.04. The van der Waals surface area contributed by atoms with Crippen LogP contribution in [0, 0.1) is 0 Å². The van der Waals surface area contributed by atoms with Gasteiger partial charge in [0, 0.05) is 16.5 Å². The number of fused-ring (bicyclic) bond motifs is 1. The minimum absolute atomic E-state index is 0.216. The summed E-state index contributed by atoms with van der Waals surface area (Å²) in [5.41, 5.74) is 3.65. The van der Waals surface area contributed by atoms with Crippen LogP contribution in [-0.2, 0) is 16.0 Å². The van der Waals surface area contributed by atoms with Gasteiger partial charge in [-0.2, -0.15) is 0 Å². The maximum atomic E-state index is 11.5. The van der Waals surface area contributed by atoms with E-state index in [2.05, 4.69) is 25.9 Å². The molecule has 2 aromatic carbocycles. The van der Waals surface area contributed by atoms with Crippen LogP contribution in [-0.4, -0.2) is 22.5 Å². The van der Waals surface area contributed by atoms with Crippen LogP contribution < -0.4 is 0 Å². The maximum Gasteiger partial charge on any atom is 0.306 e. The van der Waals surface area contributed by atoms with Crippen LogP contribution in [0.4, 0.5) is 0 Å². The zero-order chi connectivity index (χ0) is 17.1. The molecule has 3 aromatic rings. The number of hydrogen-bond donors (Lipinski definition) is 1. The number of rotatable bonds is 5. The minimum Gasteiger partial charge on any atom is -0.466 e. The van der Waals surface area contributed by atoms with Gasteiger partial charge in [0.15, 0.2) is 0 Å². The fourth-order valence-corrected chi connectivity index (χ4v) is 3.04. The molecule has 0 spiro atoms. The van der Waals surface area contributed by atoms with Crippen LogP contribution in [0.2, 0.25) is 5.02 Å². The van der Waals surface area contributed by atoms with Gasteiger partial charge in [0.2, 0.25) is 0 Å². The highest BCUT2D eigenvalue weighted by molar-refractivity contribution is 9.10. The molecule has 0 atom stereocenters. The SMILES string of the molecule is CCOC(=O)CCc1nc2cc(-c3ccc(Br)cc3)c(Cl)cc2[nH]1. The number of carbonyl (C=O) groups is 1. The van der Waals surface area contributed by atoms with Crippen LogP contribution in [0.5, 0.6) is 0 Å². The summed E-state index contributed by atoms with van der Waals surface area (Å²) in [7, 11) is 0. The maximum absolute atomic E-state index is 11.5. The highest BCUT2D eigenvalue weighted by Crippen LogP contribution is 2.32. The number of nitrogens with one attached hydrogen (secondary N) is 1. The molecule has 0 amide bonds. The third kappa shape index (κ3) is 3.79. The van der Waals surface area contributed by atoms with E-state index in [0.717, 1.165) is 32.5 Å². The summed E-state index contributed by atoms with van der Waals surface area (Å²) in [6.07, 6.45) is 0.819. The molecule has 0 unspecified atom stereocenters. The first-order chi connectivity index (χ1) is 11.6. The molecule has 124 valence electrons. The first-order valence-electron chi connectivity index (χ1n) is 7.66. The second-order valence-electron chi connectivity index (χ2n) is 5.34. The highest BCUT2D eigenvalue weighted by Gasteiger charge is 2.11. The minimum atomic E-state index is -0.216. The molecule has 3 rings (SSSR count). The third-order valence-electron chi connectivity index (χ3n) is 3.65. The molecule has 0 aliphatic carbocycles. The number of benzene rings is 2. The monoisotopic (exact) mass is 406 g/mol. The van der Waals surface area contributed by atoms with Gasteiger partial charge in [-0.3, -0.25) is 4.79 Å². The van der Waals surface area contributed by atoms with Crippen molar-refractivity contribution in [3.63, 3.8) is 0 Å². The van der Waals surface area contributed by atoms with Gasteiger partial charge in [-0.1, -0.05) is 39.7 Å². The van der Waals surface area contributed by atoms with E-state index in [4.69, 9.17) is 16.3 Å². The van der Waals surface area contributed by atoms with Gasteiger partial charge in [0.05, 0.1) is 29.1 Å². The van der Waals surface area contributed by atoms with Crippen molar-refractivity contribution >= 4 is 44.5 Å². The second kappa shape index (κ2) is 7.36. The Bertz CT molecular complexity index is 875. The largest absolute Gasteiger partial charge is 0.466 e. The topological polar surface area (TPSA) is 55.0 Å². The standard InChI is InChI=1S/C18H16BrClN2O2/c1-2-24-18(23)8-7-17-21-15-9-13(14(20)10-16(15)22-17)11-3-5-12(19)6-4-11/h3-6,9-10H,2,7-8H2,1H3,(H,21,22). The fraction of sp³-hybridized carbons (Fsp3) is 0.222. The molecule has 0 aliphatic heterocycles. The summed E-state index contributed by atoms with van der Waals surface area (Å²) in [5, 5.41) is 0.658. The zero-order valence-corrected chi connectivity index (χ0v) is 15.4. The molecule has 24 heavy (non-hydrogen) atoms. The molecule has 0 aliphatic rings. The van der Waals surface area contributed by atoms with E-state index >= 15 is 0 Å². The van der Waals surface area contributed by atoms with Gasteiger partial charge in [-0.25, -0.2) is 4.98 Å². The van der Waals surface area contributed by atoms with E-state index in [1.54, 1.807) is 6.92 Å². The van der Waals surface area contributed by atoms with E-state index in [-0.39, 0.29) is 5.97 Å². The number of hydrogen-bond acceptors (Lipinski definition) is 3. The smallest absolute Gasteiger partial charge is 0.306 e. The lowest BCUT2D eigenvalue weighted by atomic mass is 10.1. The van der Waals surface area contributed by atoms with Gasteiger partial charge in [-0.15, -0.1) is 0 Å². The summed E-state index contributed by atoms with van der Waals surface area (Å²) >= 11 is 9.85. The van der Waals surface area contributed by atoms with Crippen molar-refractivity contribution in [3.05, 3.63) is 51.7 Å². The first-order valence-corrected chi connectivity index (χ1v) is 8.83. The van der Waals surface area contributed by atoms with Crippen LogP contribution in [0.3, 0.4) is 0 Å². The number of halogens is 2. The Morgan fingerprint density at radius 1 is 1.29 bits per heavy atom. The Morgan fingerprint density at radius 3 is 2.75 bits per heavy atom. The predicted octanol–water partition coefficient (Wildman–Crippen LogP) is 5.14. The number of aromatic amines is 1. The normalized spacial score (nSPS) is 11.0. The Labute approximate surface area is 153 Å². The number of esters is 1. The molecule has 0 radical (unpaired) electrons. The van der Waals surface area contributed by atoms with Gasteiger partial charge >= 0.3 is 5.97 Å². The lowest BCUT2D eigenvalue weighted by molar-refractivity contribution is -0.143.